The van der Waals surface area contributed by atoms with Crippen LogP contribution in [0, 0.1) is 0 Å². The second-order valence-electron chi connectivity index (χ2n) is 3.74. The third-order valence-electron chi connectivity index (χ3n) is 2.59. The van der Waals surface area contributed by atoms with Crippen LogP contribution in [-0.2, 0) is 15.0 Å². The predicted molar refractivity (Wildman–Crippen MR) is 65.0 cm³/mol. The fraction of sp³-hybridized carbons (Fsp3) is 0.333. The molecular weight excluding hydrogens is 306 g/mol. The molecule has 98 valence electrons. The fourth-order valence-corrected chi connectivity index (χ4v) is 2.95. The SMILES string of the molecule is O=C1CC(S(=O)(=O)F)CN1c1c(Cl)ccnc1Cl. The van der Waals surface area contributed by atoms with Crippen molar-refractivity contribution in [1.29, 1.82) is 0 Å². The van der Waals surface area contributed by atoms with Crippen LogP contribution in [-0.4, -0.2) is 31.1 Å². The van der Waals surface area contributed by atoms with Crippen LogP contribution < -0.4 is 4.90 Å². The molecule has 0 spiro atoms. The summed E-state index contributed by atoms with van der Waals surface area (Å²) in [5.74, 6) is -0.557. The summed E-state index contributed by atoms with van der Waals surface area (Å²) < 4.78 is 34.5. The van der Waals surface area contributed by atoms with Crippen LogP contribution in [0.4, 0.5) is 9.57 Å². The zero-order valence-corrected chi connectivity index (χ0v) is 11.1. The largest absolute Gasteiger partial charge is 0.307 e. The monoisotopic (exact) mass is 312 g/mol. The maximum atomic E-state index is 12.9. The molecule has 0 aliphatic carbocycles. The molecule has 5 nitrogen and oxygen atoms in total. The average molecular weight is 313 g/mol. The lowest BCUT2D eigenvalue weighted by Crippen LogP contribution is -2.27. The van der Waals surface area contributed by atoms with Crippen molar-refractivity contribution in [3.8, 4) is 0 Å². The second kappa shape index (κ2) is 4.64. The molecule has 2 rings (SSSR count). The van der Waals surface area contributed by atoms with E-state index in [1.807, 2.05) is 0 Å². The van der Waals surface area contributed by atoms with Gasteiger partial charge in [0.2, 0.25) is 5.91 Å². The Morgan fingerprint density at radius 1 is 1.44 bits per heavy atom. The highest BCUT2D eigenvalue weighted by Crippen LogP contribution is 2.35. The van der Waals surface area contributed by atoms with Gasteiger partial charge in [-0.3, -0.25) is 4.79 Å². The summed E-state index contributed by atoms with van der Waals surface area (Å²) in [6.45, 7) is -0.317. The molecule has 0 N–H and O–H groups in total. The molecule has 1 unspecified atom stereocenters. The van der Waals surface area contributed by atoms with Crippen LogP contribution in [0.3, 0.4) is 0 Å². The maximum absolute atomic E-state index is 12.9. The lowest BCUT2D eigenvalue weighted by Gasteiger charge is -2.18. The first-order chi connectivity index (χ1) is 8.30. The average Bonchev–Trinajstić information content (AvgIpc) is 2.60. The van der Waals surface area contributed by atoms with E-state index in [0.717, 1.165) is 4.90 Å². The van der Waals surface area contributed by atoms with Gasteiger partial charge >= 0.3 is 10.2 Å². The van der Waals surface area contributed by atoms with Gasteiger partial charge in [0.1, 0.15) is 10.9 Å². The van der Waals surface area contributed by atoms with Gasteiger partial charge in [0.25, 0.3) is 0 Å². The van der Waals surface area contributed by atoms with Crippen molar-refractivity contribution < 1.29 is 17.1 Å². The number of rotatable bonds is 2. The van der Waals surface area contributed by atoms with E-state index in [4.69, 9.17) is 23.2 Å². The first-order valence-corrected chi connectivity index (χ1v) is 7.05. The van der Waals surface area contributed by atoms with Crippen LogP contribution in [0.25, 0.3) is 0 Å². The number of hydrogen-bond donors (Lipinski definition) is 0. The van der Waals surface area contributed by atoms with E-state index in [-0.39, 0.29) is 22.4 Å². The van der Waals surface area contributed by atoms with E-state index in [9.17, 15) is 17.1 Å². The molecule has 0 radical (unpaired) electrons. The Balaban J connectivity index is 2.39. The number of anilines is 1. The van der Waals surface area contributed by atoms with Gasteiger partial charge in [-0.1, -0.05) is 23.2 Å². The Morgan fingerprint density at radius 2 is 2.11 bits per heavy atom. The van der Waals surface area contributed by atoms with Crippen molar-refractivity contribution >= 4 is 45.0 Å². The summed E-state index contributed by atoms with van der Waals surface area (Å²) in [6.07, 6.45) is 0.915. The lowest BCUT2D eigenvalue weighted by atomic mass is 10.4. The minimum atomic E-state index is -4.77. The topological polar surface area (TPSA) is 67.3 Å². The smallest absolute Gasteiger partial charge is 0.307 e. The predicted octanol–water partition coefficient (Wildman–Crippen LogP) is 1.79. The van der Waals surface area contributed by atoms with Crippen molar-refractivity contribution in [3.63, 3.8) is 0 Å². The number of carbonyl (C=O) groups excluding carboxylic acids is 1. The number of pyridine rings is 1. The fourth-order valence-electron chi connectivity index (χ4n) is 1.73. The van der Waals surface area contributed by atoms with Gasteiger partial charge in [-0.05, 0) is 6.07 Å². The highest BCUT2D eigenvalue weighted by Gasteiger charge is 2.40. The van der Waals surface area contributed by atoms with Gasteiger partial charge in [-0.25, -0.2) is 4.98 Å². The van der Waals surface area contributed by atoms with E-state index >= 15 is 0 Å². The van der Waals surface area contributed by atoms with E-state index in [1.54, 1.807) is 0 Å². The van der Waals surface area contributed by atoms with E-state index in [0.29, 0.717) is 0 Å². The molecule has 2 heterocycles. The molecule has 1 amide bonds. The summed E-state index contributed by atoms with van der Waals surface area (Å²) in [6, 6.07) is 1.41. The van der Waals surface area contributed by atoms with Gasteiger partial charge < -0.3 is 4.90 Å². The van der Waals surface area contributed by atoms with E-state index in [2.05, 4.69) is 4.98 Å². The normalized spacial score (nSPS) is 20.5. The summed E-state index contributed by atoms with van der Waals surface area (Å²) in [7, 11) is -4.77. The molecule has 0 saturated carbocycles. The first kappa shape index (κ1) is 13.5. The Kier molecular flexibility index (Phi) is 3.48. The van der Waals surface area contributed by atoms with Crippen molar-refractivity contribution in [3.05, 3.63) is 22.4 Å². The van der Waals surface area contributed by atoms with Crippen LogP contribution in [0.1, 0.15) is 6.42 Å². The highest BCUT2D eigenvalue weighted by atomic mass is 35.5. The zero-order chi connectivity index (χ0) is 13.5. The molecule has 1 aliphatic heterocycles. The molecule has 1 aromatic heterocycles. The van der Waals surface area contributed by atoms with Crippen molar-refractivity contribution in [2.75, 3.05) is 11.4 Å². The molecular formula is C9H7Cl2FN2O3S. The number of halogens is 3. The highest BCUT2D eigenvalue weighted by molar-refractivity contribution is 7.87. The van der Waals surface area contributed by atoms with Gasteiger partial charge in [0, 0.05) is 19.2 Å². The van der Waals surface area contributed by atoms with E-state index in [1.165, 1.54) is 12.3 Å². The number of hydrogen-bond acceptors (Lipinski definition) is 4. The summed E-state index contributed by atoms with van der Waals surface area (Å²) in [5.41, 5.74) is 0.108. The third kappa shape index (κ3) is 2.43. The van der Waals surface area contributed by atoms with Crippen LogP contribution in [0.2, 0.25) is 10.2 Å². The molecule has 0 bridgehead atoms. The Bertz CT molecular complexity index is 588. The van der Waals surface area contributed by atoms with Gasteiger partial charge in [-0.15, -0.1) is 3.89 Å². The molecule has 9 heteroatoms. The number of aromatic nitrogens is 1. The standard InChI is InChI=1S/C9H7Cl2FN2O3S/c10-6-1-2-13-9(11)8(6)14-4-5(3-7(14)15)18(12,16)17/h1-2,5H,3-4H2. The van der Waals surface area contributed by atoms with Crippen LogP contribution >= 0.6 is 23.2 Å². The van der Waals surface area contributed by atoms with Crippen molar-refractivity contribution in [2.45, 2.75) is 11.7 Å². The second-order valence-corrected chi connectivity index (χ2v) is 6.12. The molecule has 1 aromatic rings. The zero-order valence-electron chi connectivity index (χ0n) is 8.81. The first-order valence-electron chi connectivity index (χ1n) is 4.84. The lowest BCUT2D eigenvalue weighted by molar-refractivity contribution is -0.117. The minimum Gasteiger partial charge on any atom is -0.307 e. The molecule has 1 saturated heterocycles. The van der Waals surface area contributed by atoms with Crippen LogP contribution in [0.5, 0.6) is 0 Å². The van der Waals surface area contributed by atoms with Gasteiger partial charge in [0.15, 0.2) is 5.15 Å². The molecule has 0 aromatic carbocycles. The summed E-state index contributed by atoms with van der Waals surface area (Å²) >= 11 is 11.7. The summed E-state index contributed by atoms with van der Waals surface area (Å²) in [5, 5.41) is -1.27. The Hall–Kier alpha value is -0.920. The molecule has 1 fully saturated rings. The molecule has 1 aliphatic rings. The summed E-state index contributed by atoms with van der Waals surface area (Å²) in [4.78, 5) is 16.5. The third-order valence-corrected chi connectivity index (χ3v) is 4.28. The molecule has 1 atom stereocenters. The van der Waals surface area contributed by atoms with Crippen molar-refractivity contribution in [1.82, 2.24) is 4.98 Å². The van der Waals surface area contributed by atoms with Gasteiger partial charge in [-0.2, -0.15) is 8.42 Å². The number of carbonyl (C=O) groups is 1. The number of nitrogens with zero attached hydrogens (tertiary/aromatic N) is 2. The maximum Gasteiger partial charge on any atom is 0.307 e. The van der Waals surface area contributed by atoms with E-state index < -0.39 is 27.8 Å². The molecule has 18 heavy (non-hydrogen) atoms. The Morgan fingerprint density at radius 3 is 2.61 bits per heavy atom. The van der Waals surface area contributed by atoms with Gasteiger partial charge in [0.05, 0.1) is 5.02 Å². The quantitative estimate of drug-likeness (QED) is 0.617. The minimum absolute atomic E-state index is 0.0345. The number of amides is 1. The Labute approximate surface area is 113 Å². The van der Waals surface area contributed by atoms with Crippen LogP contribution in [0.15, 0.2) is 12.3 Å². The van der Waals surface area contributed by atoms with Crippen molar-refractivity contribution in [2.24, 2.45) is 0 Å².